The lowest BCUT2D eigenvalue weighted by Crippen LogP contribution is -2.24. The van der Waals surface area contributed by atoms with Gasteiger partial charge in [0.15, 0.2) is 5.78 Å². The fraction of sp³-hybridized carbons (Fsp3) is 0.333. The van der Waals surface area contributed by atoms with Gasteiger partial charge in [-0.15, -0.1) is 0 Å². The second-order valence-corrected chi connectivity index (χ2v) is 5.03. The van der Waals surface area contributed by atoms with Gasteiger partial charge in [-0.05, 0) is 12.0 Å². The van der Waals surface area contributed by atoms with Crippen LogP contribution in [0.25, 0.3) is 0 Å². The third-order valence-corrected chi connectivity index (χ3v) is 3.49. The van der Waals surface area contributed by atoms with E-state index in [0.717, 1.165) is 12.0 Å². The molecule has 2 rings (SSSR count). The monoisotopic (exact) mass is 291 g/mol. The van der Waals surface area contributed by atoms with Crippen LogP contribution in [-0.4, -0.2) is 22.1 Å². The number of nitrogens with two attached hydrogens (primary N) is 1. The molecular weight excluding hydrogens is 274 g/mol. The smallest absolute Gasteiger partial charge is 0.191 e. The van der Waals surface area contributed by atoms with Crippen molar-refractivity contribution in [2.45, 2.75) is 25.8 Å². The Bertz CT molecular complexity index is 580. The first-order valence-electron chi connectivity index (χ1n) is 6.69. The highest BCUT2D eigenvalue weighted by Crippen LogP contribution is 2.24. The summed E-state index contributed by atoms with van der Waals surface area (Å²) in [7, 11) is 0. The normalized spacial score (nSPS) is 12.3. The van der Waals surface area contributed by atoms with Crippen molar-refractivity contribution in [3.8, 4) is 0 Å². The van der Waals surface area contributed by atoms with E-state index in [9.17, 15) is 4.79 Å². The zero-order valence-corrected chi connectivity index (χ0v) is 12.2. The number of Topliss-reactive ketones (excluding diaryl/α,β-unsaturated/α-hetero) is 1. The van der Waals surface area contributed by atoms with E-state index in [1.807, 2.05) is 37.3 Å². The lowest BCUT2D eigenvalue weighted by Gasteiger charge is -2.15. The lowest BCUT2D eigenvalue weighted by atomic mass is 9.93. The van der Waals surface area contributed by atoms with Gasteiger partial charge in [-0.25, -0.2) is 0 Å². The topological polar surface area (TPSA) is 60.9 Å². The molecule has 0 saturated carbocycles. The quantitative estimate of drug-likeness (QED) is 0.833. The van der Waals surface area contributed by atoms with Crippen LogP contribution in [0.1, 0.15) is 35.3 Å². The highest BCUT2D eigenvalue weighted by atomic mass is 35.5. The van der Waals surface area contributed by atoms with Crippen molar-refractivity contribution in [3.63, 3.8) is 0 Å². The number of carbonyl (C=O) groups excluding carboxylic acids is 1. The second kappa shape index (κ2) is 6.68. The van der Waals surface area contributed by atoms with E-state index in [2.05, 4.69) is 5.10 Å². The zero-order valence-electron chi connectivity index (χ0n) is 11.4. The number of aryl methyl sites for hydroxylation is 1. The molecule has 0 radical (unpaired) electrons. The number of hydrogen-bond donors (Lipinski definition) is 1. The van der Waals surface area contributed by atoms with Crippen molar-refractivity contribution in [1.82, 2.24) is 9.78 Å². The number of hydrogen-bond acceptors (Lipinski definition) is 3. The maximum Gasteiger partial charge on any atom is 0.191 e. The molecule has 0 saturated heterocycles. The van der Waals surface area contributed by atoms with Gasteiger partial charge in [0.05, 0.1) is 17.1 Å². The number of benzene rings is 1. The summed E-state index contributed by atoms with van der Waals surface area (Å²) >= 11 is 6.12. The van der Waals surface area contributed by atoms with E-state index in [1.54, 1.807) is 4.68 Å². The molecule has 1 unspecified atom stereocenters. The van der Waals surface area contributed by atoms with Crippen molar-refractivity contribution >= 4 is 17.4 Å². The molecule has 5 heteroatoms. The zero-order chi connectivity index (χ0) is 14.5. The Morgan fingerprint density at radius 3 is 2.70 bits per heavy atom. The van der Waals surface area contributed by atoms with E-state index in [4.69, 9.17) is 17.3 Å². The summed E-state index contributed by atoms with van der Waals surface area (Å²) < 4.78 is 1.66. The van der Waals surface area contributed by atoms with Crippen LogP contribution < -0.4 is 5.73 Å². The van der Waals surface area contributed by atoms with Crippen LogP contribution in [-0.2, 0) is 6.54 Å². The summed E-state index contributed by atoms with van der Waals surface area (Å²) in [5.74, 6) is -0.462. The second-order valence-electron chi connectivity index (χ2n) is 4.63. The van der Waals surface area contributed by atoms with Gasteiger partial charge in [-0.3, -0.25) is 9.48 Å². The van der Waals surface area contributed by atoms with Crippen LogP contribution in [0.3, 0.4) is 0 Å². The van der Waals surface area contributed by atoms with Crippen LogP contribution in [0.15, 0.2) is 36.5 Å². The molecule has 1 atom stereocenters. The summed E-state index contributed by atoms with van der Waals surface area (Å²) in [5.41, 5.74) is 7.15. The maximum atomic E-state index is 12.7. The van der Waals surface area contributed by atoms with Crippen molar-refractivity contribution < 1.29 is 4.79 Å². The van der Waals surface area contributed by atoms with Crippen molar-refractivity contribution in [2.24, 2.45) is 5.73 Å². The number of halogens is 1. The molecule has 0 fully saturated rings. The molecule has 0 spiro atoms. The number of ketones is 1. The Morgan fingerprint density at radius 1 is 1.40 bits per heavy atom. The standard InChI is InChI=1S/C15H18ClN3O/c1-2-8-19-14(13(16)10-18-19)15(20)12(9-17)11-6-4-3-5-7-11/h3-7,10,12H,2,8-9,17H2,1H3. The summed E-state index contributed by atoms with van der Waals surface area (Å²) in [4.78, 5) is 12.7. The largest absolute Gasteiger partial charge is 0.329 e. The van der Waals surface area contributed by atoms with E-state index in [-0.39, 0.29) is 18.2 Å². The Balaban J connectivity index is 2.36. The summed E-state index contributed by atoms with van der Waals surface area (Å²) in [6.07, 6.45) is 2.40. The molecule has 0 aliphatic heterocycles. The molecule has 2 N–H and O–H groups in total. The highest BCUT2D eigenvalue weighted by molar-refractivity contribution is 6.33. The van der Waals surface area contributed by atoms with E-state index < -0.39 is 0 Å². The minimum absolute atomic E-state index is 0.0744. The van der Waals surface area contributed by atoms with Crippen molar-refractivity contribution in [3.05, 3.63) is 52.8 Å². The maximum absolute atomic E-state index is 12.7. The highest BCUT2D eigenvalue weighted by Gasteiger charge is 2.26. The van der Waals surface area contributed by atoms with Gasteiger partial charge in [0.1, 0.15) is 5.69 Å². The molecule has 1 heterocycles. The van der Waals surface area contributed by atoms with Gasteiger partial charge in [-0.1, -0.05) is 48.9 Å². The van der Waals surface area contributed by atoms with Gasteiger partial charge in [0.2, 0.25) is 0 Å². The fourth-order valence-electron chi connectivity index (χ4n) is 2.23. The molecule has 0 aliphatic carbocycles. The van der Waals surface area contributed by atoms with Crippen LogP contribution in [0.5, 0.6) is 0 Å². The fourth-order valence-corrected chi connectivity index (χ4v) is 2.47. The van der Waals surface area contributed by atoms with Gasteiger partial charge in [0.25, 0.3) is 0 Å². The van der Waals surface area contributed by atoms with Crippen LogP contribution in [0, 0.1) is 0 Å². The van der Waals surface area contributed by atoms with Crippen molar-refractivity contribution in [2.75, 3.05) is 6.54 Å². The number of nitrogens with zero attached hydrogens (tertiary/aromatic N) is 2. The van der Waals surface area contributed by atoms with E-state index in [0.29, 0.717) is 17.3 Å². The average Bonchev–Trinajstić information content (AvgIpc) is 2.82. The minimum Gasteiger partial charge on any atom is -0.329 e. The van der Waals surface area contributed by atoms with Gasteiger partial charge in [0, 0.05) is 13.1 Å². The van der Waals surface area contributed by atoms with E-state index in [1.165, 1.54) is 6.20 Å². The number of aromatic nitrogens is 2. The van der Waals surface area contributed by atoms with Gasteiger partial charge < -0.3 is 5.73 Å². The first kappa shape index (κ1) is 14.8. The van der Waals surface area contributed by atoms with Crippen LogP contribution in [0.2, 0.25) is 5.02 Å². The molecule has 1 aromatic carbocycles. The van der Waals surface area contributed by atoms with Gasteiger partial charge in [-0.2, -0.15) is 5.10 Å². The Kier molecular flexibility index (Phi) is 4.93. The SMILES string of the molecule is CCCn1ncc(Cl)c1C(=O)C(CN)c1ccccc1. The Morgan fingerprint density at radius 2 is 2.10 bits per heavy atom. The predicted molar refractivity (Wildman–Crippen MR) is 80.1 cm³/mol. The first-order valence-corrected chi connectivity index (χ1v) is 7.07. The molecule has 4 nitrogen and oxygen atoms in total. The Labute approximate surface area is 123 Å². The molecule has 2 aromatic rings. The third-order valence-electron chi connectivity index (χ3n) is 3.22. The molecule has 106 valence electrons. The molecular formula is C15H18ClN3O. The number of carbonyl (C=O) groups is 1. The molecule has 0 aliphatic rings. The lowest BCUT2D eigenvalue weighted by molar-refractivity contribution is 0.0951. The minimum atomic E-state index is -0.388. The molecule has 0 amide bonds. The van der Waals surface area contributed by atoms with Crippen LogP contribution >= 0.6 is 11.6 Å². The third kappa shape index (κ3) is 2.92. The van der Waals surface area contributed by atoms with Gasteiger partial charge >= 0.3 is 0 Å². The molecule has 1 aromatic heterocycles. The Hall–Kier alpha value is -1.65. The van der Waals surface area contributed by atoms with Crippen LogP contribution in [0.4, 0.5) is 0 Å². The average molecular weight is 292 g/mol. The first-order chi connectivity index (χ1) is 9.69. The van der Waals surface area contributed by atoms with Crippen molar-refractivity contribution in [1.29, 1.82) is 0 Å². The summed E-state index contributed by atoms with van der Waals surface area (Å²) in [6, 6.07) is 9.52. The molecule has 20 heavy (non-hydrogen) atoms. The predicted octanol–water partition coefficient (Wildman–Crippen LogP) is 2.87. The molecule has 0 bridgehead atoms. The van der Waals surface area contributed by atoms with E-state index >= 15 is 0 Å². The summed E-state index contributed by atoms with van der Waals surface area (Å²) in [5, 5.41) is 4.55. The summed E-state index contributed by atoms with van der Waals surface area (Å²) in [6.45, 7) is 2.94. The number of rotatable bonds is 6.